The van der Waals surface area contributed by atoms with Crippen LogP contribution in [-0.4, -0.2) is 46.6 Å². The molecule has 0 unspecified atom stereocenters. The molecule has 0 atom stereocenters. The number of carbonyl (C=O) groups excluding carboxylic acids is 1. The first-order valence-electron chi connectivity index (χ1n) is 6.48. The van der Waals surface area contributed by atoms with Gasteiger partial charge in [-0.05, 0) is 18.6 Å². The number of hydrogen-bond donors (Lipinski definition) is 2. The van der Waals surface area contributed by atoms with E-state index in [1.54, 1.807) is 19.2 Å². The SMILES string of the molecule is COCCOCCCNc1cccc(C(=O)OC)c1N. The summed E-state index contributed by atoms with van der Waals surface area (Å²) in [7, 11) is 2.97. The van der Waals surface area contributed by atoms with E-state index in [9.17, 15) is 4.79 Å². The van der Waals surface area contributed by atoms with Crippen molar-refractivity contribution in [3.8, 4) is 0 Å². The number of ether oxygens (including phenoxy) is 3. The van der Waals surface area contributed by atoms with Crippen molar-refractivity contribution in [2.75, 3.05) is 51.6 Å². The molecule has 0 heterocycles. The fourth-order valence-corrected chi connectivity index (χ4v) is 1.65. The van der Waals surface area contributed by atoms with E-state index >= 15 is 0 Å². The average Bonchev–Trinajstić information content (AvgIpc) is 2.47. The maximum Gasteiger partial charge on any atom is 0.340 e. The summed E-state index contributed by atoms with van der Waals surface area (Å²) in [6.45, 7) is 2.55. The van der Waals surface area contributed by atoms with Crippen molar-refractivity contribution in [1.29, 1.82) is 0 Å². The molecule has 0 bridgehead atoms. The van der Waals surface area contributed by atoms with Gasteiger partial charge < -0.3 is 25.3 Å². The molecule has 0 fully saturated rings. The van der Waals surface area contributed by atoms with Crippen molar-refractivity contribution < 1.29 is 19.0 Å². The highest BCUT2D eigenvalue weighted by Crippen LogP contribution is 2.23. The minimum Gasteiger partial charge on any atom is -0.465 e. The van der Waals surface area contributed by atoms with Crippen LogP contribution in [0, 0.1) is 0 Å². The number of para-hydroxylation sites is 1. The first-order valence-corrected chi connectivity index (χ1v) is 6.48. The summed E-state index contributed by atoms with van der Waals surface area (Å²) in [5.74, 6) is -0.436. The third-order valence-electron chi connectivity index (χ3n) is 2.72. The number of benzene rings is 1. The maximum absolute atomic E-state index is 11.5. The van der Waals surface area contributed by atoms with Gasteiger partial charge in [0.2, 0.25) is 0 Å². The Hall–Kier alpha value is -1.79. The van der Waals surface area contributed by atoms with Crippen LogP contribution in [0.3, 0.4) is 0 Å². The highest BCUT2D eigenvalue weighted by atomic mass is 16.5. The molecule has 6 heteroatoms. The molecule has 0 amide bonds. The molecule has 3 N–H and O–H groups in total. The zero-order valence-corrected chi connectivity index (χ0v) is 12.0. The Bertz CT molecular complexity index is 424. The van der Waals surface area contributed by atoms with Crippen molar-refractivity contribution in [2.24, 2.45) is 0 Å². The van der Waals surface area contributed by atoms with Crippen LogP contribution in [0.4, 0.5) is 11.4 Å². The molecule has 0 saturated heterocycles. The first kappa shape index (κ1) is 16.3. The Morgan fingerprint density at radius 3 is 2.75 bits per heavy atom. The summed E-state index contributed by atoms with van der Waals surface area (Å²) in [5.41, 5.74) is 7.43. The molecule has 112 valence electrons. The van der Waals surface area contributed by atoms with Gasteiger partial charge in [-0.25, -0.2) is 4.79 Å². The molecular formula is C14H22N2O4. The second-order valence-electron chi connectivity index (χ2n) is 4.14. The van der Waals surface area contributed by atoms with E-state index in [2.05, 4.69) is 10.1 Å². The number of esters is 1. The Kier molecular flexibility index (Phi) is 7.46. The van der Waals surface area contributed by atoms with E-state index in [1.807, 2.05) is 6.07 Å². The average molecular weight is 282 g/mol. The van der Waals surface area contributed by atoms with Gasteiger partial charge >= 0.3 is 5.97 Å². The smallest absolute Gasteiger partial charge is 0.340 e. The molecule has 0 radical (unpaired) electrons. The first-order chi connectivity index (χ1) is 9.70. The van der Waals surface area contributed by atoms with Gasteiger partial charge in [0.1, 0.15) is 0 Å². The summed E-state index contributed by atoms with van der Waals surface area (Å²) in [6, 6.07) is 5.23. The van der Waals surface area contributed by atoms with Gasteiger partial charge in [0, 0.05) is 20.3 Å². The second-order valence-corrected chi connectivity index (χ2v) is 4.14. The van der Waals surface area contributed by atoms with Gasteiger partial charge in [0.25, 0.3) is 0 Å². The molecule has 0 aliphatic heterocycles. The number of hydrogen-bond acceptors (Lipinski definition) is 6. The summed E-state index contributed by atoms with van der Waals surface area (Å²) >= 11 is 0. The van der Waals surface area contributed by atoms with Crippen molar-refractivity contribution in [3.63, 3.8) is 0 Å². The standard InChI is InChI=1S/C14H22N2O4/c1-18-9-10-20-8-4-7-16-12-6-3-5-11(13(12)15)14(17)19-2/h3,5-6,16H,4,7-10,15H2,1-2H3. The second kappa shape index (κ2) is 9.17. The molecular weight excluding hydrogens is 260 g/mol. The Morgan fingerprint density at radius 2 is 2.05 bits per heavy atom. The summed E-state index contributed by atoms with van der Waals surface area (Å²) < 4.78 is 14.9. The number of rotatable bonds is 9. The molecule has 0 saturated carbocycles. The molecule has 0 aliphatic carbocycles. The van der Waals surface area contributed by atoms with Gasteiger partial charge in [-0.15, -0.1) is 0 Å². The van der Waals surface area contributed by atoms with E-state index in [1.165, 1.54) is 7.11 Å². The Balaban J connectivity index is 2.39. The lowest BCUT2D eigenvalue weighted by atomic mass is 10.1. The van der Waals surface area contributed by atoms with E-state index in [0.29, 0.717) is 37.6 Å². The lowest BCUT2D eigenvalue weighted by molar-refractivity contribution is 0.0602. The van der Waals surface area contributed by atoms with Crippen LogP contribution in [0.25, 0.3) is 0 Å². The summed E-state index contributed by atoms with van der Waals surface area (Å²) in [4.78, 5) is 11.5. The van der Waals surface area contributed by atoms with E-state index in [0.717, 1.165) is 12.1 Å². The third-order valence-corrected chi connectivity index (χ3v) is 2.72. The number of nitrogens with one attached hydrogen (secondary N) is 1. The molecule has 1 aromatic carbocycles. The Morgan fingerprint density at radius 1 is 1.25 bits per heavy atom. The van der Waals surface area contributed by atoms with Crippen molar-refractivity contribution >= 4 is 17.3 Å². The highest BCUT2D eigenvalue weighted by molar-refractivity contribution is 5.98. The normalized spacial score (nSPS) is 10.3. The molecule has 1 rings (SSSR count). The molecule has 0 spiro atoms. The maximum atomic E-state index is 11.5. The molecule has 6 nitrogen and oxygen atoms in total. The van der Waals surface area contributed by atoms with Gasteiger partial charge in [0.05, 0.1) is 37.3 Å². The predicted molar refractivity (Wildman–Crippen MR) is 78.0 cm³/mol. The van der Waals surface area contributed by atoms with Gasteiger partial charge in [-0.1, -0.05) is 6.07 Å². The fraction of sp³-hybridized carbons (Fsp3) is 0.500. The monoisotopic (exact) mass is 282 g/mol. The van der Waals surface area contributed by atoms with E-state index in [4.69, 9.17) is 15.2 Å². The predicted octanol–water partition coefficient (Wildman–Crippen LogP) is 1.52. The molecule has 1 aromatic rings. The van der Waals surface area contributed by atoms with Crippen molar-refractivity contribution in [3.05, 3.63) is 23.8 Å². The minimum absolute atomic E-state index is 0.369. The molecule has 0 aromatic heterocycles. The largest absolute Gasteiger partial charge is 0.465 e. The molecule has 20 heavy (non-hydrogen) atoms. The van der Waals surface area contributed by atoms with Gasteiger partial charge in [0.15, 0.2) is 0 Å². The molecule has 0 aliphatic rings. The van der Waals surface area contributed by atoms with Crippen molar-refractivity contribution in [2.45, 2.75) is 6.42 Å². The van der Waals surface area contributed by atoms with Crippen LogP contribution < -0.4 is 11.1 Å². The topological polar surface area (TPSA) is 82.8 Å². The van der Waals surface area contributed by atoms with Gasteiger partial charge in [-0.2, -0.15) is 0 Å². The van der Waals surface area contributed by atoms with E-state index in [-0.39, 0.29) is 0 Å². The number of nitrogen functional groups attached to an aromatic ring is 1. The van der Waals surface area contributed by atoms with Gasteiger partial charge in [-0.3, -0.25) is 0 Å². The highest BCUT2D eigenvalue weighted by Gasteiger charge is 2.12. The van der Waals surface area contributed by atoms with Crippen molar-refractivity contribution in [1.82, 2.24) is 0 Å². The lowest BCUT2D eigenvalue weighted by Crippen LogP contribution is -2.11. The third kappa shape index (κ3) is 5.07. The number of methoxy groups -OCH3 is 2. The number of carbonyl (C=O) groups is 1. The summed E-state index contributed by atoms with van der Waals surface area (Å²) in [6.07, 6.45) is 0.839. The lowest BCUT2D eigenvalue weighted by Gasteiger charge is -2.12. The quantitative estimate of drug-likeness (QED) is 0.406. The number of anilines is 2. The van der Waals surface area contributed by atoms with Crippen LogP contribution in [-0.2, 0) is 14.2 Å². The van der Waals surface area contributed by atoms with E-state index < -0.39 is 5.97 Å². The number of nitrogens with two attached hydrogens (primary N) is 1. The van der Waals surface area contributed by atoms with Crippen LogP contribution in [0.1, 0.15) is 16.8 Å². The Labute approximate surface area is 119 Å². The minimum atomic E-state index is -0.436. The zero-order chi connectivity index (χ0) is 14.8. The summed E-state index contributed by atoms with van der Waals surface area (Å²) in [5, 5.41) is 3.18. The van der Waals surface area contributed by atoms with Crippen LogP contribution >= 0.6 is 0 Å². The van der Waals surface area contributed by atoms with Crippen LogP contribution in [0.5, 0.6) is 0 Å². The fourth-order valence-electron chi connectivity index (χ4n) is 1.65. The van der Waals surface area contributed by atoms with Crippen LogP contribution in [0.15, 0.2) is 18.2 Å². The zero-order valence-electron chi connectivity index (χ0n) is 12.0. The van der Waals surface area contributed by atoms with Crippen LogP contribution in [0.2, 0.25) is 0 Å².